The van der Waals surface area contributed by atoms with E-state index in [0.717, 1.165) is 0 Å². The van der Waals surface area contributed by atoms with Crippen molar-refractivity contribution in [1.29, 1.82) is 0 Å². The molecular formula is C16H17FN2O4. The number of aromatic nitrogens is 1. The van der Waals surface area contributed by atoms with Gasteiger partial charge in [0, 0.05) is 18.7 Å². The molecule has 0 unspecified atom stereocenters. The summed E-state index contributed by atoms with van der Waals surface area (Å²) in [6.45, 7) is 0. The van der Waals surface area contributed by atoms with Crippen molar-refractivity contribution in [2.75, 3.05) is 7.05 Å². The number of carbonyl (C=O) groups is 1. The largest absolute Gasteiger partial charge is 0.390 e. The predicted octanol–water partition coefficient (Wildman–Crippen LogP) is 1.44. The summed E-state index contributed by atoms with van der Waals surface area (Å²) in [6, 6.07) is 6.95. The fraction of sp³-hybridized carbons (Fsp3) is 0.375. The molecule has 0 bridgehead atoms. The number of benzene rings is 1. The van der Waals surface area contributed by atoms with E-state index in [-0.39, 0.29) is 17.0 Å². The summed E-state index contributed by atoms with van der Waals surface area (Å²) in [5.74, 6) is -0.972. The molecule has 6 nitrogen and oxygen atoms in total. The van der Waals surface area contributed by atoms with Crippen LogP contribution >= 0.6 is 0 Å². The third kappa shape index (κ3) is 2.85. The molecule has 23 heavy (non-hydrogen) atoms. The Morgan fingerprint density at radius 3 is 2.74 bits per heavy atom. The van der Waals surface area contributed by atoms with Crippen molar-refractivity contribution < 1.29 is 23.9 Å². The summed E-state index contributed by atoms with van der Waals surface area (Å²) < 4.78 is 18.8. The van der Waals surface area contributed by atoms with Gasteiger partial charge in [-0.2, -0.15) is 0 Å². The summed E-state index contributed by atoms with van der Waals surface area (Å²) in [6.07, 6.45) is -0.893. The van der Waals surface area contributed by atoms with Crippen LogP contribution in [0, 0.1) is 5.82 Å². The van der Waals surface area contributed by atoms with E-state index in [1.807, 2.05) is 0 Å². The SMILES string of the molecule is CN(C(=O)c1cc(-c2ccccc2F)no1)[C@@H]1CC[C@@H](O)[C@@H]1O. The van der Waals surface area contributed by atoms with E-state index < -0.39 is 30.0 Å². The molecule has 1 fully saturated rings. The first-order chi connectivity index (χ1) is 11.0. The first-order valence-electron chi connectivity index (χ1n) is 7.34. The number of hydrogen-bond acceptors (Lipinski definition) is 5. The van der Waals surface area contributed by atoms with Gasteiger partial charge in [0.05, 0.1) is 12.1 Å². The second-order valence-electron chi connectivity index (χ2n) is 5.67. The summed E-state index contributed by atoms with van der Waals surface area (Å²) in [5.41, 5.74) is 0.473. The number of aliphatic hydroxyl groups excluding tert-OH is 2. The smallest absolute Gasteiger partial charge is 0.292 e. The average molecular weight is 320 g/mol. The molecule has 2 aromatic rings. The molecule has 0 spiro atoms. The highest BCUT2D eigenvalue weighted by Gasteiger charge is 2.38. The van der Waals surface area contributed by atoms with Crippen LogP contribution in [0.4, 0.5) is 4.39 Å². The molecule has 2 N–H and O–H groups in total. The molecule has 122 valence electrons. The van der Waals surface area contributed by atoms with Crippen LogP contribution in [-0.2, 0) is 0 Å². The highest BCUT2D eigenvalue weighted by molar-refractivity contribution is 5.92. The molecular weight excluding hydrogens is 303 g/mol. The summed E-state index contributed by atoms with van der Waals surface area (Å²) >= 11 is 0. The van der Waals surface area contributed by atoms with E-state index in [4.69, 9.17) is 4.52 Å². The Kier molecular flexibility index (Phi) is 4.14. The van der Waals surface area contributed by atoms with E-state index in [9.17, 15) is 19.4 Å². The average Bonchev–Trinajstić information content (AvgIpc) is 3.15. The van der Waals surface area contributed by atoms with Gasteiger partial charge in [-0.25, -0.2) is 4.39 Å². The highest BCUT2D eigenvalue weighted by Crippen LogP contribution is 2.27. The van der Waals surface area contributed by atoms with Crippen LogP contribution in [0.15, 0.2) is 34.9 Å². The summed E-state index contributed by atoms with van der Waals surface area (Å²) in [5, 5.41) is 23.2. The normalized spacial score (nSPS) is 23.9. The van der Waals surface area contributed by atoms with Crippen molar-refractivity contribution in [1.82, 2.24) is 10.1 Å². The molecule has 7 heteroatoms. The number of halogens is 1. The minimum atomic E-state index is -0.988. The number of amides is 1. The molecule has 1 saturated carbocycles. The molecule has 0 radical (unpaired) electrons. The molecule has 0 saturated heterocycles. The molecule has 0 aliphatic heterocycles. The molecule has 1 aliphatic carbocycles. The third-order valence-electron chi connectivity index (χ3n) is 4.24. The van der Waals surface area contributed by atoms with Crippen molar-refractivity contribution in [2.24, 2.45) is 0 Å². The lowest BCUT2D eigenvalue weighted by molar-refractivity contribution is 0.00555. The van der Waals surface area contributed by atoms with Gasteiger partial charge in [-0.15, -0.1) is 0 Å². The minimum Gasteiger partial charge on any atom is -0.390 e. The zero-order valence-electron chi connectivity index (χ0n) is 12.5. The molecule has 1 amide bonds. The number of likely N-dealkylation sites (N-methyl/N-ethyl adjacent to an activating group) is 1. The Hall–Kier alpha value is -2.25. The number of aliphatic hydroxyl groups is 2. The van der Waals surface area contributed by atoms with Crippen LogP contribution < -0.4 is 0 Å². The monoisotopic (exact) mass is 320 g/mol. The second-order valence-corrected chi connectivity index (χ2v) is 5.67. The molecule has 3 atom stereocenters. The quantitative estimate of drug-likeness (QED) is 0.893. The number of hydrogen-bond donors (Lipinski definition) is 2. The van der Waals surface area contributed by atoms with E-state index in [1.54, 1.807) is 18.2 Å². The minimum absolute atomic E-state index is 0.0423. The number of carbonyl (C=O) groups excluding carboxylic acids is 1. The summed E-state index contributed by atoms with van der Waals surface area (Å²) in [7, 11) is 1.53. The molecule has 1 aromatic carbocycles. The van der Waals surface area contributed by atoms with Gasteiger partial charge in [0.15, 0.2) is 0 Å². The predicted molar refractivity (Wildman–Crippen MR) is 79.0 cm³/mol. The van der Waals surface area contributed by atoms with Crippen LogP contribution in [0.1, 0.15) is 23.4 Å². The van der Waals surface area contributed by atoms with Crippen molar-refractivity contribution in [2.45, 2.75) is 31.1 Å². The lowest BCUT2D eigenvalue weighted by Gasteiger charge is -2.26. The van der Waals surface area contributed by atoms with E-state index >= 15 is 0 Å². The van der Waals surface area contributed by atoms with Gasteiger partial charge in [0.2, 0.25) is 5.76 Å². The zero-order valence-corrected chi connectivity index (χ0v) is 12.5. The number of rotatable bonds is 3. The highest BCUT2D eigenvalue weighted by atomic mass is 19.1. The van der Waals surface area contributed by atoms with Gasteiger partial charge in [-0.3, -0.25) is 4.79 Å². The van der Waals surface area contributed by atoms with Crippen molar-refractivity contribution in [3.8, 4) is 11.3 Å². The first-order valence-corrected chi connectivity index (χ1v) is 7.34. The third-order valence-corrected chi connectivity index (χ3v) is 4.24. The molecule has 1 aromatic heterocycles. The van der Waals surface area contributed by atoms with Crippen LogP contribution in [0.2, 0.25) is 0 Å². The zero-order chi connectivity index (χ0) is 16.6. The maximum absolute atomic E-state index is 13.7. The summed E-state index contributed by atoms with van der Waals surface area (Å²) in [4.78, 5) is 13.7. The molecule has 1 aliphatic rings. The topological polar surface area (TPSA) is 86.8 Å². The Bertz CT molecular complexity index is 718. The van der Waals surface area contributed by atoms with E-state index in [2.05, 4.69) is 5.16 Å². The van der Waals surface area contributed by atoms with Gasteiger partial charge in [0.1, 0.15) is 17.6 Å². The lowest BCUT2D eigenvalue weighted by atomic mass is 10.1. The van der Waals surface area contributed by atoms with Crippen molar-refractivity contribution in [3.63, 3.8) is 0 Å². The fourth-order valence-electron chi connectivity index (χ4n) is 2.86. The van der Waals surface area contributed by atoms with Crippen molar-refractivity contribution in [3.05, 3.63) is 41.9 Å². The van der Waals surface area contributed by atoms with E-state index in [0.29, 0.717) is 12.8 Å². The maximum atomic E-state index is 13.7. The van der Waals surface area contributed by atoms with Crippen LogP contribution in [-0.4, -0.2) is 51.5 Å². The Balaban J connectivity index is 1.80. The molecule has 1 heterocycles. The van der Waals surface area contributed by atoms with Crippen LogP contribution in [0.5, 0.6) is 0 Å². The van der Waals surface area contributed by atoms with Crippen LogP contribution in [0.25, 0.3) is 11.3 Å². The Morgan fingerprint density at radius 1 is 1.35 bits per heavy atom. The van der Waals surface area contributed by atoms with Gasteiger partial charge >= 0.3 is 0 Å². The lowest BCUT2D eigenvalue weighted by Crippen LogP contribution is -2.44. The van der Waals surface area contributed by atoms with E-state index in [1.165, 1.54) is 24.1 Å². The maximum Gasteiger partial charge on any atom is 0.292 e. The molecule has 3 rings (SSSR count). The second kappa shape index (κ2) is 6.10. The van der Waals surface area contributed by atoms with Gasteiger partial charge in [-0.05, 0) is 25.0 Å². The van der Waals surface area contributed by atoms with Crippen LogP contribution in [0.3, 0.4) is 0 Å². The van der Waals surface area contributed by atoms with Gasteiger partial charge in [0.25, 0.3) is 5.91 Å². The Labute approximate surface area is 132 Å². The first kappa shape index (κ1) is 15.6. The van der Waals surface area contributed by atoms with Gasteiger partial charge in [-0.1, -0.05) is 17.3 Å². The Morgan fingerprint density at radius 2 is 2.09 bits per heavy atom. The number of nitrogens with zero attached hydrogens (tertiary/aromatic N) is 2. The van der Waals surface area contributed by atoms with Gasteiger partial charge < -0.3 is 19.6 Å². The standard InChI is InChI=1S/C16H17FN2O4/c1-19(12-6-7-13(20)15(12)21)16(22)14-8-11(18-23-14)9-4-2-3-5-10(9)17/h2-5,8,12-13,15,20-21H,6-7H2,1H3/t12-,13-,15-/m1/s1. The fourth-order valence-corrected chi connectivity index (χ4v) is 2.86. The van der Waals surface area contributed by atoms with Crippen molar-refractivity contribution >= 4 is 5.91 Å².